The third-order valence-electron chi connectivity index (χ3n) is 2.18. The first-order valence-electron chi connectivity index (χ1n) is 5.03. The van der Waals surface area contributed by atoms with Gasteiger partial charge in [-0.1, -0.05) is 0 Å². The van der Waals surface area contributed by atoms with Gasteiger partial charge < -0.3 is 4.74 Å². The van der Waals surface area contributed by atoms with E-state index in [-0.39, 0.29) is 10.2 Å². The molecular weight excluding hydrogens is 330 g/mol. The molecule has 0 bridgehead atoms. The predicted octanol–water partition coefficient (Wildman–Crippen LogP) is 4.79. The number of benzene rings is 1. The molecular formula is C12H6BrF4NO. The van der Waals surface area contributed by atoms with Gasteiger partial charge in [-0.15, -0.1) is 0 Å². The normalized spacial score (nSPS) is 11.4. The van der Waals surface area contributed by atoms with Crippen LogP contribution in [0, 0.1) is 5.82 Å². The molecule has 1 heterocycles. The molecule has 0 saturated carbocycles. The second-order valence-electron chi connectivity index (χ2n) is 3.53. The van der Waals surface area contributed by atoms with Gasteiger partial charge in [-0.25, -0.2) is 9.37 Å². The molecule has 19 heavy (non-hydrogen) atoms. The number of aromatic nitrogens is 1. The highest BCUT2D eigenvalue weighted by molar-refractivity contribution is 9.10. The van der Waals surface area contributed by atoms with Crippen LogP contribution in [0.15, 0.2) is 41.0 Å². The van der Waals surface area contributed by atoms with Gasteiger partial charge in [0.05, 0.1) is 4.47 Å². The smallest absolute Gasteiger partial charge is 0.421 e. The maximum Gasteiger partial charge on any atom is 0.421 e. The minimum atomic E-state index is -4.57. The van der Waals surface area contributed by atoms with Gasteiger partial charge in [-0.2, -0.15) is 13.2 Å². The van der Waals surface area contributed by atoms with E-state index in [1.165, 1.54) is 12.3 Å². The lowest BCUT2D eigenvalue weighted by Crippen LogP contribution is -2.08. The van der Waals surface area contributed by atoms with E-state index in [4.69, 9.17) is 4.74 Å². The molecule has 0 aliphatic heterocycles. The molecule has 2 aromatic rings. The SMILES string of the molecule is Fc1ccc(Oc2ncccc2C(F)(F)F)c(Br)c1. The Hall–Kier alpha value is -1.63. The first-order valence-corrected chi connectivity index (χ1v) is 5.82. The number of pyridine rings is 1. The van der Waals surface area contributed by atoms with Crippen LogP contribution in [0.25, 0.3) is 0 Å². The van der Waals surface area contributed by atoms with E-state index in [2.05, 4.69) is 20.9 Å². The standard InChI is InChI=1S/C12H6BrF4NO/c13-9-6-7(14)3-4-10(9)19-11-8(12(15,16)17)2-1-5-18-11/h1-6H. The van der Waals surface area contributed by atoms with E-state index in [1.807, 2.05) is 0 Å². The van der Waals surface area contributed by atoms with Crippen LogP contribution in [-0.4, -0.2) is 4.98 Å². The van der Waals surface area contributed by atoms with E-state index in [0.717, 1.165) is 24.3 Å². The third kappa shape index (κ3) is 3.23. The molecule has 1 aromatic carbocycles. The van der Waals surface area contributed by atoms with Crippen molar-refractivity contribution in [2.75, 3.05) is 0 Å². The molecule has 0 aliphatic carbocycles. The summed E-state index contributed by atoms with van der Waals surface area (Å²) >= 11 is 3.01. The molecule has 100 valence electrons. The van der Waals surface area contributed by atoms with Crippen molar-refractivity contribution in [3.05, 3.63) is 52.4 Å². The summed E-state index contributed by atoms with van der Waals surface area (Å²) in [5.74, 6) is -1.07. The average molecular weight is 336 g/mol. The van der Waals surface area contributed by atoms with Crippen molar-refractivity contribution in [2.24, 2.45) is 0 Å². The summed E-state index contributed by atoms with van der Waals surface area (Å²) in [5.41, 5.74) is -0.994. The van der Waals surface area contributed by atoms with Gasteiger partial charge >= 0.3 is 6.18 Å². The number of hydrogen-bond donors (Lipinski definition) is 0. The third-order valence-corrected chi connectivity index (χ3v) is 2.80. The Balaban J connectivity index is 2.39. The van der Waals surface area contributed by atoms with E-state index < -0.39 is 23.4 Å². The zero-order valence-corrected chi connectivity index (χ0v) is 10.8. The van der Waals surface area contributed by atoms with Crippen molar-refractivity contribution >= 4 is 15.9 Å². The minimum absolute atomic E-state index is 0.0469. The monoisotopic (exact) mass is 335 g/mol. The van der Waals surface area contributed by atoms with E-state index in [9.17, 15) is 17.6 Å². The molecule has 0 spiro atoms. The van der Waals surface area contributed by atoms with Gasteiger partial charge in [0.2, 0.25) is 5.88 Å². The van der Waals surface area contributed by atoms with Crippen molar-refractivity contribution in [2.45, 2.75) is 6.18 Å². The minimum Gasteiger partial charge on any atom is -0.437 e. The average Bonchev–Trinajstić information content (AvgIpc) is 2.32. The summed E-state index contributed by atoms with van der Waals surface area (Å²) < 4.78 is 56.3. The molecule has 1 aromatic heterocycles. The van der Waals surface area contributed by atoms with Crippen LogP contribution < -0.4 is 4.74 Å². The van der Waals surface area contributed by atoms with Crippen LogP contribution in [0.2, 0.25) is 0 Å². The zero-order valence-electron chi connectivity index (χ0n) is 9.21. The Labute approximate surface area is 114 Å². The molecule has 0 saturated heterocycles. The Morgan fingerprint density at radius 2 is 1.89 bits per heavy atom. The maximum absolute atomic E-state index is 12.9. The van der Waals surface area contributed by atoms with E-state index in [0.29, 0.717) is 0 Å². The molecule has 0 fully saturated rings. The first-order chi connectivity index (χ1) is 8.88. The van der Waals surface area contributed by atoms with E-state index in [1.54, 1.807) is 0 Å². The lowest BCUT2D eigenvalue weighted by Gasteiger charge is -2.12. The van der Waals surface area contributed by atoms with Crippen LogP contribution in [0.4, 0.5) is 17.6 Å². The highest BCUT2D eigenvalue weighted by atomic mass is 79.9. The van der Waals surface area contributed by atoms with Crippen molar-refractivity contribution < 1.29 is 22.3 Å². The highest BCUT2D eigenvalue weighted by Gasteiger charge is 2.35. The number of ether oxygens (including phenoxy) is 1. The summed E-state index contributed by atoms with van der Waals surface area (Å²) in [7, 11) is 0. The van der Waals surface area contributed by atoms with Crippen LogP contribution >= 0.6 is 15.9 Å². The summed E-state index contributed by atoms with van der Waals surface area (Å²) in [4.78, 5) is 3.55. The van der Waals surface area contributed by atoms with Crippen molar-refractivity contribution in [1.29, 1.82) is 0 Å². The van der Waals surface area contributed by atoms with Gasteiger partial charge in [-0.3, -0.25) is 0 Å². The molecule has 0 N–H and O–H groups in total. The number of halogens is 5. The second-order valence-corrected chi connectivity index (χ2v) is 4.39. The predicted molar refractivity (Wildman–Crippen MR) is 63.4 cm³/mol. The van der Waals surface area contributed by atoms with Crippen LogP contribution in [0.5, 0.6) is 11.6 Å². The van der Waals surface area contributed by atoms with Gasteiger partial charge in [-0.05, 0) is 46.3 Å². The number of alkyl halides is 3. The molecule has 7 heteroatoms. The summed E-state index contributed by atoms with van der Waals surface area (Å²) in [6, 6.07) is 5.41. The molecule has 0 unspecified atom stereocenters. The summed E-state index contributed by atoms with van der Waals surface area (Å²) in [6.07, 6.45) is -3.39. The Kier molecular flexibility index (Phi) is 3.75. The van der Waals surface area contributed by atoms with E-state index >= 15 is 0 Å². The zero-order chi connectivity index (χ0) is 14.0. The molecule has 0 aliphatic rings. The molecule has 2 rings (SSSR count). The molecule has 0 atom stereocenters. The lowest BCUT2D eigenvalue weighted by atomic mass is 10.2. The fraction of sp³-hybridized carbons (Fsp3) is 0.0833. The Morgan fingerprint density at radius 3 is 2.53 bits per heavy atom. The first kappa shape index (κ1) is 13.8. The fourth-order valence-corrected chi connectivity index (χ4v) is 1.78. The van der Waals surface area contributed by atoms with Crippen LogP contribution in [0.1, 0.15) is 5.56 Å². The number of rotatable bonds is 2. The molecule has 2 nitrogen and oxygen atoms in total. The Bertz CT molecular complexity index is 601. The van der Waals surface area contributed by atoms with Crippen molar-refractivity contribution in [3.63, 3.8) is 0 Å². The summed E-state index contributed by atoms with van der Waals surface area (Å²) in [5, 5.41) is 0. The lowest BCUT2D eigenvalue weighted by molar-refractivity contribution is -0.138. The van der Waals surface area contributed by atoms with Crippen LogP contribution in [-0.2, 0) is 6.18 Å². The second kappa shape index (κ2) is 5.16. The van der Waals surface area contributed by atoms with Crippen molar-refractivity contribution in [1.82, 2.24) is 4.98 Å². The fourth-order valence-electron chi connectivity index (χ4n) is 1.35. The van der Waals surface area contributed by atoms with Crippen LogP contribution in [0.3, 0.4) is 0 Å². The molecule has 0 radical (unpaired) electrons. The number of nitrogens with zero attached hydrogens (tertiary/aromatic N) is 1. The summed E-state index contributed by atoms with van der Waals surface area (Å²) in [6.45, 7) is 0. The molecule has 0 amide bonds. The maximum atomic E-state index is 12.9. The van der Waals surface area contributed by atoms with Gasteiger partial charge in [0.1, 0.15) is 17.1 Å². The van der Waals surface area contributed by atoms with Gasteiger partial charge in [0.25, 0.3) is 0 Å². The number of hydrogen-bond acceptors (Lipinski definition) is 2. The Morgan fingerprint density at radius 1 is 1.16 bits per heavy atom. The largest absolute Gasteiger partial charge is 0.437 e. The topological polar surface area (TPSA) is 22.1 Å². The highest BCUT2D eigenvalue weighted by Crippen LogP contribution is 2.38. The van der Waals surface area contributed by atoms with Crippen molar-refractivity contribution in [3.8, 4) is 11.6 Å². The quantitative estimate of drug-likeness (QED) is 0.736. The van der Waals surface area contributed by atoms with Gasteiger partial charge in [0, 0.05) is 6.20 Å². The van der Waals surface area contributed by atoms with Gasteiger partial charge in [0.15, 0.2) is 0 Å².